The zero-order valence-electron chi connectivity index (χ0n) is 38.4. The fourth-order valence-corrected chi connectivity index (χ4v) is 10.2. The summed E-state index contributed by atoms with van der Waals surface area (Å²) >= 11 is 6.54. The molecule has 0 spiro atoms. The van der Waals surface area contributed by atoms with E-state index < -0.39 is 115 Å². The van der Waals surface area contributed by atoms with Gasteiger partial charge in [0.25, 0.3) is 5.92 Å². The number of hydrogen-bond acceptors (Lipinski definition) is 6. The molecule has 0 radical (unpaired) electrons. The van der Waals surface area contributed by atoms with Gasteiger partial charge in [0.2, 0.25) is 35.4 Å². The van der Waals surface area contributed by atoms with Crippen LogP contribution in [-0.2, 0) is 42.2 Å². The average Bonchev–Trinajstić information content (AvgIpc) is 3.89. The fourth-order valence-electron chi connectivity index (χ4n) is 9.97. The van der Waals surface area contributed by atoms with Gasteiger partial charge < -0.3 is 34.8 Å². The molecule has 0 bridgehead atoms. The van der Waals surface area contributed by atoms with Gasteiger partial charge in [-0.2, -0.15) is 13.2 Å². The number of carbonyl (C=O) groups is 6. The number of alkyl halides is 6. The first kappa shape index (κ1) is 50.9. The van der Waals surface area contributed by atoms with E-state index in [1.807, 2.05) is 43.8 Å². The first-order valence-electron chi connectivity index (χ1n) is 22.9. The van der Waals surface area contributed by atoms with Gasteiger partial charge in [-0.1, -0.05) is 51.1 Å². The standard InChI is InChI=1S/C46H62ClF6N7O6/c1-26(2)18-32-40(63)59(6)35(21-29-20-30(47)19-28-15-17-56(3)37(28)29)41(64)57(4)16-11-9-7-8-10-12-33(38(61)54-32)58(5)42(65)36(27-13-14-27)55-39(62)34-22-31(48)23-60(34)43(66)44(46(51,52)53)24-45(49,50)25-44/h15,17,19-20,26-27,31-36H,7-14,16,18,21-25H2,1-6H3,(H,54,61)(H,55,62)/t31-,32+,33+,34+,35+,36+/m1/s1. The lowest BCUT2D eigenvalue weighted by Gasteiger charge is -2.48. The van der Waals surface area contributed by atoms with Crippen molar-refractivity contribution >= 4 is 57.9 Å². The number of halogens is 7. The van der Waals surface area contributed by atoms with Crippen LogP contribution in [-0.4, -0.2) is 142 Å². The Morgan fingerprint density at radius 3 is 2.24 bits per heavy atom. The van der Waals surface area contributed by atoms with Crippen molar-refractivity contribution in [3.63, 3.8) is 0 Å². The van der Waals surface area contributed by atoms with Gasteiger partial charge in [-0.3, -0.25) is 28.8 Å². The average molecular weight is 958 g/mol. The molecule has 366 valence electrons. The van der Waals surface area contributed by atoms with E-state index in [4.69, 9.17) is 11.6 Å². The second-order valence-corrected chi connectivity index (χ2v) is 19.9. The highest BCUT2D eigenvalue weighted by atomic mass is 35.5. The van der Waals surface area contributed by atoms with Gasteiger partial charge in [-0.25, -0.2) is 13.2 Å². The Morgan fingerprint density at radius 1 is 0.970 bits per heavy atom. The van der Waals surface area contributed by atoms with E-state index >= 15 is 0 Å². The van der Waals surface area contributed by atoms with E-state index in [2.05, 4.69) is 10.6 Å². The molecule has 1 aromatic heterocycles. The van der Waals surface area contributed by atoms with Gasteiger partial charge in [-0.15, -0.1) is 0 Å². The first-order valence-corrected chi connectivity index (χ1v) is 23.3. The third-order valence-electron chi connectivity index (χ3n) is 13.9. The molecule has 66 heavy (non-hydrogen) atoms. The number of aryl methyl sites for hydroxylation is 1. The van der Waals surface area contributed by atoms with E-state index in [0.29, 0.717) is 48.6 Å². The van der Waals surface area contributed by atoms with Crippen molar-refractivity contribution in [1.29, 1.82) is 0 Å². The molecule has 20 heteroatoms. The number of nitrogens with one attached hydrogen (secondary N) is 2. The van der Waals surface area contributed by atoms with Crippen LogP contribution in [0.4, 0.5) is 26.3 Å². The Labute approximate surface area is 386 Å². The zero-order valence-corrected chi connectivity index (χ0v) is 39.1. The summed E-state index contributed by atoms with van der Waals surface area (Å²) < 4.78 is 87.2. The van der Waals surface area contributed by atoms with Crippen molar-refractivity contribution in [2.45, 2.75) is 146 Å². The van der Waals surface area contributed by atoms with Crippen LogP contribution in [0.25, 0.3) is 10.9 Å². The van der Waals surface area contributed by atoms with E-state index in [0.717, 1.165) is 29.3 Å². The molecule has 2 N–H and O–H groups in total. The Hall–Kier alpha value is -4.55. The summed E-state index contributed by atoms with van der Waals surface area (Å²) in [6.45, 7) is 3.26. The number of likely N-dealkylation sites (tertiary alicyclic amines) is 1. The quantitative estimate of drug-likeness (QED) is 0.273. The lowest BCUT2D eigenvalue weighted by atomic mass is 9.64. The molecule has 3 heterocycles. The van der Waals surface area contributed by atoms with Gasteiger partial charge in [0.1, 0.15) is 36.4 Å². The SMILES string of the molecule is CC(C)C[C@@H]1NC(=O)[C@@H](N(C)C(=O)[C@@H](NC(=O)[C@@H]2C[C@@H](F)CN2C(=O)C2(C(F)(F)F)CC(F)(F)C2)C2CC2)CCCCCCCN(C)C(=O)[C@H](Cc2cc(Cl)cc3ccn(C)c23)N(C)C1=O. The molecule has 2 saturated heterocycles. The molecule has 2 aliphatic heterocycles. The molecule has 2 aromatic rings. The van der Waals surface area contributed by atoms with Crippen LogP contribution in [0, 0.1) is 17.3 Å². The van der Waals surface area contributed by atoms with Gasteiger partial charge >= 0.3 is 6.18 Å². The van der Waals surface area contributed by atoms with Crippen molar-refractivity contribution in [3.8, 4) is 0 Å². The first-order chi connectivity index (χ1) is 30.9. The van der Waals surface area contributed by atoms with Crippen LogP contribution < -0.4 is 10.6 Å². The van der Waals surface area contributed by atoms with Crippen molar-refractivity contribution in [2.24, 2.45) is 24.3 Å². The highest BCUT2D eigenvalue weighted by Gasteiger charge is 2.75. The second kappa shape index (κ2) is 20.0. The summed E-state index contributed by atoms with van der Waals surface area (Å²) in [5.74, 6) is -9.46. The zero-order chi connectivity index (χ0) is 48.6. The molecule has 13 nitrogen and oxygen atoms in total. The predicted octanol–water partition coefficient (Wildman–Crippen LogP) is 6.18. The maximum Gasteiger partial charge on any atom is 0.403 e. The van der Waals surface area contributed by atoms with Gasteiger partial charge in [0.15, 0.2) is 5.41 Å². The van der Waals surface area contributed by atoms with Crippen LogP contribution in [0.1, 0.15) is 96.5 Å². The van der Waals surface area contributed by atoms with Crippen LogP contribution >= 0.6 is 11.6 Å². The van der Waals surface area contributed by atoms with E-state index in [-0.39, 0.29) is 31.1 Å². The summed E-state index contributed by atoms with van der Waals surface area (Å²) in [4.78, 5) is 89.8. The molecule has 0 unspecified atom stereocenters. The molecule has 1 aromatic carbocycles. The van der Waals surface area contributed by atoms with Crippen molar-refractivity contribution < 1.29 is 55.1 Å². The van der Waals surface area contributed by atoms with Gasteiger partial charge in [0.05, 0.1) is 12.1 Å². The number of nitrogens with zero attached hydrogens (tertiary/aromatic N) is 5. The molecule has 6 amide bonds. The number of likely N-dealkylation sites (N-methyl/N-ethyl adjacent to an activating group) is 3. The lowest BCUT2D eigenvalue weighted by Crippen LogP contribution is -2.65. The maximum atomic E-state index is 14.9. The number of benzene rings is 1. The normalized spacial score (nSPS) is 26.3. The van der Waals surface area contributed by atoms with Crippen LogP contribution in [0.2, 0.25) is 5.02 Å². The second-order valence-electron chi connectivity index (χ2n) is 19.5. The Bertz CT molecular complexity index is 2160. The Morgan fingerprint density at radius 2 is 1.62 bits per heavy atom. The van der Waals surface area contributed by atoms with E-state index in [1.165, 1.54) is 23.9 Å². The molecule has 4 aliphatic rings. The molecule has 2 aliphatic carbocycles. The number of fused-ring (bicyclic) bond motifs is 1. The minimum atomic E-state index is -5.39. The predicted molar refractivity (Wildman–Crippen MR) is 234 cm³/mol. The number of aromatic nitrogens is 1. The number of rotatable bonds is 10. The lowest BCUT2D eigenvalue weighted by molar-refractivity contribution is -0.299. The highest BCUT2D eigenvalue weighted by molar-refractivity contribution is 6.31. The van der Waals surface area contributed by atoms with Crippen molar-refractivity contribution in [3.05, 3.63) is 35.0 Å². The summed E-state index contributed by atoms with van der Waals surface area (Å²) in [7, 11) is 6.49. The minimum Gasteiger partial charge on any atom is -0.350 e. The van der Waals surface area contributed by atoms with Gasteiger partial charge in [-0.05, 0) is 67.7 Å². The summed E-state index contributed by atoms with van der Waals surface area (Å²) in [5.41, 5.74) is -1.88. The van der Waals surface area contributed by atoms with Crippen LogP contribution in [0.15, 0.2) is 24.4 Å². The maximum absolute atomic E-state index is 14.9. The molecule has 4 fully saturated rings. The number of carbonyl (C=O) groups excluding carboxylic acids is 6. The van der Waals surface area contributed by atoms with E-state index in [9.17, 15) is 55.1 Å². The molecular formula is C46H62ClF6N7O6. The highest BCUT2D eigenvalue weighted by Crippen LogP contribution is 2.61. The van der Waals surface area contributed by atoms with Gasteiger partial charge in [0, 0.05) is 77.0 Å². The molecule has 6 atom stereocenters. The minimum absolute atomic E-state index is 0.115. The molecule has 6 rings (SSSR count). The van der Waals surface area contributed by atoms with E-state index in [1.54, 1.807) is 18.0 Å². The number of hydrogen-bond donors (Lipinski definition) is 2. The summed E-state index contributed by atoms with van der Waals surface area (Å²) in [6.07, 6.45) is -5.08. The molecular weight excluding hydrogens is 896 g/mol. The monoisotopic (exact) mass is 957 g/mol. The topological polar surface area (TPSA) is 144 Å². The summed E-state index contributed by atoms with van der Waals surface area (Å²) in [5, 5.41) is 6.76. The smallest absolute Gasteiger partial charge is 0.350 e. The van der Waals surface area contributed by atoms with Crippen molar-refractivity contribution in [2.75, 3.05) is 34.2 Å². The van der Waals surface area contributed by atoms with Crippen LogP contribution in [0.5, 0.6) is 0 Å². The fraction of sp³-hybridized carbons (Fsp3) is 0.696. The Balaban J connectivity index is 1.24. The molecule has 2 saturated carbocycles. The number of amides is 6. The largest absolute Gasteiger partial charge is 0.403 e. The third kappa shape index (κ3) is 10.9. The van der Waals surface area contributed by atoms with Crippen molar-refractivity contribution in [1.82, 2.24) is 34.8 Å². The van der Waals surface area contributed by atoms with Crippen LogP contribution in [0.3, 0.4) is 0 Å². The summed E-state index contributed by atoms with van der Waals surface area (Å²) in [6, 6.07) is -0.907. The third-order valence-corrected chi connectivity index (χ3v) is 14.1. The Kier molecular flexibility index (Phi) is 15.4.